The van der Waals surface area contributed by atoms with Gasteiger partial charge in [0.05, 0.1) is 11.6 Å². The van der Waals surface area contributed by atoms with Gasteiger partial charge in [-0.25, -0.2) is 0 Å². The Morgan fingerprint density at radius 1 is 1.44 bits per heavy atom. The van der Waals surface area contributed by atoms with Gasteiger partial charge < -0.3 is 5.32 Å². The summed E-state index contributed by atoms with van der Waals surface area (Å²) in [7, 11) is 0. The van der Waals surface area contributed by atoms with E-state index in [0.29, 0.717) is 5.41 Å². The summed E-state index contributed by atoms with van der Waals surface area (Å²) >= 11 is 0. The van der Waals surface area contributed by atoms with Crippen molar-refractivity contribution in [1.82, 2.24) is 0 Å². The zero-order chi connectivity index (χ0) is 11.4. The smallest absolute Gasteiger partial charge is 0.0992 e. The fourth-order valence-electron chi connectivity index (χ4n) is 2.32. The minimum atomic E-state index is 0.517. The molecule has 1 saturated carbocycles. The summed E-state index contributed by atoms with van der Waals surface area (Å²) < 4.78 is 0. The van der Waals surface area contributed by atoms with Crippen molar-refractivity contribution < 1.29 is 0 Å². The summed E-state index contributed by atoms with van der Waals surface area (Å²) in [5.74, 6) is 0. The van der Waals surface area contributed by atoms with Gasteiger partial charge in [-0.3, -0.25) is 0 Å². The highest BCUT2D eigenvalue weighted by molar-refractivity contribution is 5.49. The first-order valence-corrected chi connectivity index (χ1v) is 6.02. The summed E-state index contributed by atoms with van der Waals surface area (Å²) in [5, 5.41) is 12.3. The van der Waals surface area contributed by atoms with Crippen molar-refractivity contribution in [3.63, 3.8) is 0 Å². The topological polar surface area (TPSA) is 35.8 Å². The van der Waals surface area contributed by atoms with Gasteiger partial charge in [0, 0.05) is 12.2 Å². The maximum Gasteiger partial charge on any atom is 0.0992 e. The van der Waals surface area contributed by atoms with Crippen molar-refractivity contribution in [2.75, 3.05) is 11.9 Å². The molecule has 1 fully saturated rings. The number of nitrogens with zero attached hydrogens (tertiary/aromatic N) is 1. The molecule has 84 valence electrons. The molecule has 0 spiro atoms. The van der Waals surface area contributed by atoms with E-state index in [-0.39, 0.29) is 0 Å². The minimum Gasteiger partial charge on any atom is -0.384 e. The van der Waals surface area contributed by atoms with Gasteiger partial charge in [-0.05, 0) is 42.9 Å². The number of nitriles is 1. The van der Waals surface area contributed by atoms with Crippen LogP contribution >= 0.6 is 0 Å². The number of benzene rings is 1. The third-order valence-corrected chi connectivity index (χ3v) is 3.82. The predicted octanol–water partition coefficient (Wildman–Crippen LogP) is 3.55. The van der Waals surface area contributed by atoms with E-state index < -0.39 is 0 Å². The summed E-state index contributed by atoms with van der Waals surface area (Å²) in [5.41, 5.74) is 2.31. The monoisotopic (exact) mass is 214 g/mol. The molecule has 1 aromatic carbocycles. The van der Waals surface area contributed by atoms with E-state index in [1.807, 2.05) is 24.3 Å². The van der Waals surface area contributed by atoms with E-state index in [9.17, 15) is 0 Å². The lowest BCUT2D eigenvalue weighted by Crippen LogP contribution is -2.35. The molecule has 1 aromatic rings. The average Bonchev–Trinajstić information content (AvgIpc) is 2.29. The second kappa shape index (κ2) is 4.57. The fourth-order valence-corrected chi connectivity index (χ4v) is 2.32. The zero-order valence-corrected chi connectivity index (χ0v) is 9.79. The molecule has 2 heteroatoms. The standard InChI is InChI=1S/C14H18N2/c1-2-14(7-4-8-14)11-16-13-6-3-5-12(9-13)10-15/h3,5-6,9,16H,2,4,7-8,11H2,1H3. The van der Waals surface area contributed by atoms with Crippen LogP contribution in [-0.2, 0) is 0 Å². The summed E-state index contributed by atoms with van der Waals surface area (Å²) in [6.45, 7) is 3.31. The summed E-state index contributed by atoms with van der Waals surface area (Å²) in [6.07, 6.45) is 5.30. The van der Waals surface area contributed by atoms with Gasteiger partial charge >= 0.3 is 0 Å². The Labute approximate surface area is 97.3 Å². The largest absolute Gasteiger partial charge is 0.384 e. The molecule has 0 radical (unpaired) electrons. The molecule has 2 nitrogen and oxygen atoms in total. The maximum absolute atomic E-state index is 8.82. The lowest BCUT2D eigenvalue weighted by Gasteiger charge is -2.41. The number of rotatable bonds is 4. The third-order valence-electron chi connectivity index (χ3n) is 3.82. The van der Waals surface area contributed by atoms with E-state index >= 15 is 0 Å². The molecule has 1 aliphatic rings. The Kier molecular flexibility index (Phi) is 3.14. The SMILES string of the molecule is CCC1(CNc2cccc(C#N)c2)CCC1. The van der Waals surface area contributed by atoms with Gasteiger partial charge in [-0.1, -0.05) is 19.4 Å². The molecular formula is C14H18N2. The zero-order valence-electron chi connectivity index (χ0n) is 9.79. The Morgan fingerprint density at radius 2 is 2.25 bits per heavy atom. The number of anilines is 1. The molecular weight excluding hydrogens is 196 g/mol. The van der Waals surface area contributed by atoms with E-state index in [1.54, 1.807) is 0 Å². The van der Waals surface area contributed by atoms with Crippen molar-refractivity contribution in [1.29, 1.82) is 5.26 Å². The van der Waals surface area contributed by atoms with Gasteiger partial charge in [0.15, 0.2) is 0 Å². The van der Waals surface area contributed by atoms with Crippen LogP contribution in [0.5, 0.6) is 0 Å². The lowest BCUT2D eigenvalue weighted by molar-refractivity contribution is 0.145. The van der Waals surface area contributed by atoms with Gasteiger partial charge in [0.25, 0.3) is 0 Å². The van der Waals surface area contributed by atoms with Crippen molar-refractivity contribution in [2.24, 2.45) is 5.41 Å². The van der Waals surface area contributed by atoms with Gasteiger partial charge in [0.1, 0.15) is 0 Å². The van der Waals surface area contributed by atoms with Crippen LogP contribution < -0.4 is 5.32 Å². The molecule has 0 unspecified atom stereocenters. The van der Waals surface area contributed by atoms with E-state index in [4.69, 9.17) is 5.26 Å². The van der Waals surface area contributed by atoms with Gasteiger partial charge in [-0.15, -0.1) is 0 Å². The van der Waals surface area contributed by atoms with Crippen molar-refractivity contribution >= 4 is 5.69 Å². The number of nitrogens with one attached hydrogen (secondary N) is 1. The molecule has 16 heavy (non-hydrogen) atoms. The van der Waals surface area contributed by atoms with E-state index in [0.717, 1.165) is 17.8 Å². The second-order valence-corrected chi connectivity index (χ2v) is 4.75. The number of hydrogen-bond donors (Lipinski definition) is 1. The van der Waals surface area contributed by atoms with E-state index in [2.05, 4.69) is 18.3 Å². The molecule has 0 heterocycles. The molecule has 0 amide bonds. The third kappa shape index (κ3) is 2.19. The van der Waals surface area contributed by atoms with Crippen LogP contribution in [0.2, 0.25) is 0 Å². The Balaban J connectivity index is 1.96. The molecule has 0 saturated heterocycles. The quantitative estimate of drug-likeness (QED) is 0.832. The average molecular weight is 214 g/mol. The minimum absolute atomic E-state index is 0.517. The molecule has 1 aliphatic carbocycles. The highest BCUT2D eigenvalue weighted by atomic mass is 14.9. The maximum atomic E-state index is 8.82. The van der Waals surface area contributed by atoms with Crippen molar-refractivity contribution in [3.05, 3.63) is 29.8 Å². The fraction of sp³-hybridized carbons (Fsp3) is 0.500. The Hall–Kier alpha value is -1.49. The number of hydrogen-bond acceptors (Lipinski definition) is 2. The lowest BCUT2D eigenvalue weighted by atomic mass is 9.67. The molecule has 0 bridgehead atoms. The first-order chi connectivity index (χ1) is 7.78. The highest BCUT2D eigenvalue weighted by Gasteiger charge is 2.34. The van der Waals surface area contributed by atoms with Crippen molar-refractivity contribution in [2.45, 2.75) is 32.6 Å². The van der Waals surface area contributed by atoms with Crippen molar-refractivity contribution in [3.8, 4) is 6.07 Å². The van der Waals surface area contributed by atoms with Crippen LogP contribution in [0.1, 0.15) is 38.2 Å². The molecule has 0 aromatic heterocycles. The van der Waals surface area contributed by atoms with Crippen LogP contribution in [0.15, 0.2) is 24.3 Å². The highest BCUT2D eigenvalue weighted by Crippen LogP contribution is 2.43. The van der Waals surface area contributed by atoms with E-state index in [1.165, 1.54) is 25.7 Å². The van der Waals surface area contributed by atoms with Gasteiger partial charge in [-0.2, -0.15) is 5.26 Å². The summed E-state index contributed by atoms with van der Waals surface area (Å²) in [6, 6.07) is 9.88. The predicted molar refractivity (Wildman–Crippen MR) is 66.2 cm³/mol. The molecule has 0 atom stereocenters. The summed E-state index contributed by atoms with van der Waals surface area (Å²) in [4.78, 5) is 0. The second-order valence-electron chi connectivity index (χ2n) is 4.75. The first kappa shape index (κ1) is 11.0. The molecule has 1 N–H and O–H groups in total. The van der Waals surface area contributed by atoms with Crippen LogP contribution in [0, 0.1) is 16.7 Å². The van der Waals surface area contributed by atoms with Crippen LogP contribution in [0.4, 0.5) is 5.69 Å². The Morgan fingerprint density at radius 3 is 2.81 bits per heavy atom. The normalized spacial score (nSPS) is 17.2. The molecule has 0 aliphatic heterocycles. The van der Waals surface area contributed by atoms with Crippen LogP contribution in [0.3, 0.4) is 0 Å². The van der Waals surface area contributed by atoms with Gasteiger partial charge in [0.2, 0.25) is 0 Å². The first-order valence-electron chi connectivity index (χ1n) is 6.02. The van der Waals surface area contributed by atoms with Crippen LogP contribution in [-0.4, -0.2) is 6.54 Å². The van der Waals surface area contributed by atoms with Crippen LogP contribution in [0.25, 0.3) is 0 Å². The molecule has 2 rings (SSSR count). The Bertz CT molecular complexity index is 394.